The predicted molar refractivity (Wildman–Crippen MR) is 86.3 cm³/mol. The van der Waals surface area contributed by atoms with Crippen molar-refractivity contribution < 1.29 is 14.3 Å². The van der Waals surface area contributed by atoms with Crippen molar-refractivity contribution in [3.8, 4) is 5.75 Å². The number of nitrogens with one attached hydrogen (secondary N) is 2. The summed E-state index contributed by atoms with van der Waals surface area (Å²) in [6, 6.07) is 7.47. The Morgan fingerprint density at radius 3 is 2.41 bits per heavy atom. The Morgan fingerprint density at radius 1 is 1.00 bits per heavy atom. The number of carbonyl (C=O) groups is 2. The highest BCUT2D eigenvalue weighted by atomic mass is 16.5. The second-order valence-electron chi connectivity index (χ2n) is 5.31. The first-order valence-electron chi connectivity index (χ1n) is 7.89. The molecule has 0 fully saturated rings. The highest BCUT2D eigenvalue weighted by Gasteiger charge is 2.06. The normalized spacial score (nSPS) is 10.1. The zero-order valence-corrected chi connectivity index (χ0v) is 13.5. The molecule has 0 aliphatic carbocycles. The van der Waals surface area contributed by atoms with Crippen LogP contribution >= 0.6 is 0 Å². The summed E-state index contributed by atoms with van der Waals surface area (Å²) in [7, 11) is 0. The maximum absolute atomic E-state index is 11.6. The Balaban J connectivity index is 2.12. The van der Waals surface area contributed by atoms with Crippen LogP contribution in [-0.2, 0) is 9.59 Å². The summed E-state index contributed by atoms with van der Waals surface area (Å²) in [4.78, 5) is 23.1. The number of rotatable bonds is 9. The molecule has 122 valence electrons. The topological polar surface area (TPSA) is 67.4 Å². The smallest absolute Gasteiger partial charge is 0.276 e. The molecule has 0 saturated heterocycles. The molecule has 0 radical (unpaired) electrons. The Labute approximate surface area is 132 Å². The van der Waals surface area contributed by atoms with Gasteiger partial charge in [0.25, 0.3) is 5.91 Å². The zero-order chi connectivity index (χ0) is 16.2. The van der Waals surface area contributed by atoms with Gasteiger partial charge in [-0.1, -0.05) is 50.8 Å². The lowest BCUT2D eigenvalue weighted by Crippen LogP contribution is -2.43. The molecule has 0 aliphatic heterocycles. The summed E-state index contributed by atoms with van der Waals surface area (Å²) >= 11 is 0. The molecule has 2 N–H and O–H groups in total. The van der Waals surface area contributed by atoms with E-state index < -0.39 is 0 Å². The van der Waals surface area contributed by atoms with E-state index in [1.807, 2.05) is 25.1 Å². The minimum absolute atomic E-state index is 0.123. The molecule has 0 spiro atoms. The third-order valence-electron chi connectivity index (χ3n) is 3.30. The quantitative estimate of drug-likeness (QED) is 0.544. The van der Waals surface area contributed by atoms with E-state index in [4.69, 9.17) is 4.74 Å². The molecule has 1 aromatic rings. The number of unbranched alkanes of at least 4 members (excludes halogenated alkanes) is 4. The number of ether oxygens (including phenoxy) is 1. The predicted octanol–water partition coefficient (Wildman–Crippen LogP) is 2.88. The lowest BCUT2D eigenvalue weighted by atomic mass is 10.1. The lowest BCUT2D eigenvalue weighted by Gasteiger charge is -2.10. The van der Waals surface area contributed by atoms with Crippen LogP contribution in [0, 0.1) is 6.92 Å². The van der Waals surface area contributed by atoms with Gasteiger partial charge in [0.05, 0.1) is 0 Å². The summed E-state index contributed by atoms with van der Waals surface area (Å²) in [6.45, 7) is 3.94. The van der Waals surface area contributed by atoms with Crippen molar-refractivity contribution in [2.75, 3.05) is 6.61 Å². The van der Waals surface area contributed by atoms with E-state index in [9.17, 15) is 9.59 Å². The van der Waals surface area contributed by atoms with Gasteiger partial charge in [0.15, 0.2) is 6.61 Å². The molecule has 5 nitrogen and oxygen atoms in total. The van der Waals surface area contributed by atoms with E-state index in [-0.39, 0.29) is 18.4 Å². The molecule has 0 atom stereocenters. The van der Waals surface area contributed by atoms with Gasteiger partial charge < -0.3 is 4.74 Å². The molecule has 1 rings (SSSR count). The SMILES string of the molecule is CCCCCCCC(=O)NNC(=O)COc1ccccc1C. The van der Waals surface area contributed by atoms with Gasteiger partial charge in [-0.25, -0.2) is 0 Å². The highest BCUT2D eigenvalue weighted by molar-refractivity contribution is 5.82. The lowest BCUT2D eigenvalue weighted by molar-refractivity contribution is -0.130. The van der Waals surface area contributed by atoms with Gasteiger partial charge in [-0.15, -0.1) is 0 Å². The van der Waals surface area contributed by atoms with E-state index in [0.717, 1.165) is 24.8 Å². The van der Waals surface area contributed by atoms with Crippen LogP contribution in [0.2, 0.25) is 0 Å². The molecule has 5 heteroatoms. The summed E-state index contributed by atoms with van der Waals surface area (Å²) in [5, 5.41) is 0. The highest BCUT2D eigenvalue weighted by Crippen LogP contribution is 2.15. The van der Waals surface area contributed by atoms with Crippen LogP contribution in [0.5, 0.6) is 5.75 Å². The van der Waals surface area contributed by atoms with Crippen LogP contribution in [0.25, 0.3) is 0 Å². The van der Waals surface area contributed by atoms with Crippen molar-refractivity contribution in [1.82, 2.24) is 10.9 Å². The van der Waals surface area contributed by atoms with E-state index >= 15 is 0 Å². The molecule has 0 unspecified atom stereocenters. The molecule has 0 saturated carbocycles. The fourth-order valence-corrected chi connectivity index (χ4v) is 1.99. The molecular weight excluding hydrogens is 280 g/mol. The van der Waals surface area contributed by atoms with Crippen LogP contribution in [0.1, 0.15) is 51.0 Å². The second-order valence-corrected chi connectivity index (χ2v) is 5.31. The number of hydrogen-bond donors (Lipinski definition) is 2. The number of para-hydroxylation sites is 1. The fraction of sp³-hybridized carbons (Fsp3) is 0.529. The molecule has 2 amide bonds. The van der Waals surface area contributed by atoms with Crippen molar-refractivity contribution >= 4 is 11.8 Å². The zero-order valence-electron chi connectivity index (χ0n) is 13.5. The van der Waals surface area contributed by atoms with Crippen LogP contribution in [0.15, 0.2) is 24.3 Å². The Morgan fingerprint density at radius 2 is 1.68 bits per heavy atom. The number of aryl methyl sites for hydroxylation is 1. The van der Waals surface area contributed by atoms with Gasteiger partial charge in [-0.2, -0.15) is 0 Å². The van der Waals surface area contributed by atoms with Crippen molar-refractivity contribution in [2.45, 2.75) is 52.4 Å². The average Bonchev–Trinajstić information content (AvgIpc) is 2.52. The van der Waals surface area contributed by atoms with Crippen molar-refractivity contribution in [1.29, 1.82) is 0 Å². The Hall–Kier alpha value is -2.04. The van der Waals surface area contributed by atoms with Crippen LogP contribution < -0.4 is 15.6 Å². The Bertz CT molecular complexity index is 475. The van der Waals surface area contributed by atoms with Gasteiger partial charge in [-0.3, -0.25) is 20.4 Å². The second kappa shape index (κ2) is 10.7. The summed E-state index contributed by atoms with van der Waals surface area (Å²) in [5.41, 5.74) is 5.73. The number of benzene rings is 1. The van der Waals surface area contributed by atoms with Gasteiger partial charge in [0.2, 0.25) is 5.91 Å². The van der Waals surface area contributed by atoms with Crippen LogP contribution in [0.3, 0.4) is 0 Å². The Kier molecular flexibility index (Phi) is 8.72. The number of carbonyl (C=O) groups excluding carboxylic acids is 2. The third-order valence-corrected chi connectivity index (χ3v) is 3.30. The monoisotopic (exact) mass is 306 g/mol. The third kappa shape index (κ3) is 7.67. The molecular formula is C17H26N2O3. The van der Waals surface area contributed by atoms with Crippen LogP contribution in [-0.4, -0.2) is 18.4 Å². The van der Waals surface area contributed by atoms with E-state index in [1.165, 1.54) is 12.8 Å². The molecule has 0 heterocycles. The van der Waals surface area contributed by atoms with Crippen molar-refractivity contribution in [3.63, 3.8) is 0 Å². The molecule has 0 aromatic heterocycles. The number of hydrogen-bond acceptors (Lipinski definition) is 3. The molecule has 1 aromatic carbocycles. The minimum atomic E-state index is -0.373. The standard InChI is InChI=1S/C17H26N2O3/c1-3-4-5-6-7-12-16(20)18-19-17(21)13-22-15-11-9-8-10-14(15)2/h8-11H,3-7,12-13H2,1-2H3,(H,18,20)(H,19,21). The summed E-state index contributed by atoms with van der Waals surface area (Å²) < 4.78 is 5.39. The van der Waals surface area contributed by atoms with Gasteiger partial charge in [0, 0.05) is 6.42 Å². The van der Waals surface area contributed by atoms with Crippen molar-refractivity contribution in [3.05, 3.63) is 29.8 Å². The molecule has 0 aliphatic rings. The van der Waals surface area contributed by atoms with E-state index in [0.29, 0.717) is 12.2 Å². The van der Waals surface area contributed by atoms with E-state index in [1.54, 1.807) is 6.07 Å². The first-order valence-corrected chi connectivity index (χ1v) is 7.89. The molecule has 0 bridgehead atoms. The van der Waals surface area contributed by atoms with Crippen molar-refractivity contribution in [2.24, 2.45) is 0 Å². The van der Waals surface area contributed by atoms with Gasteiger partial charge >= 0.3 is 0 Å². The van der Waals surface area contributed by atoms with Gasteiger partial charge in [-0.05, 0) is 25.0 Å². The number of hydrazine groups is 1. The summed E-state index contributed by atoms with van der Waals surface area (Å²) in [6.07, 6.45) is 5.87. The molecule has 22 heavy (non-hydrogen) atoms. The maximum atomic E-state index is 11.6. The van der Waals surface area contributed by atoms with Gasteiger partial charge in [0.1, 0.15) is 5.75 Å². The van der Waals surface area contributed by atoms with Crippen LogP contribution in [0.4, 0.5) is 0 Å². The fourth-order valence-electron chi connectivity index (χ4n) is 1.99. The maximum Gasteiger partial charge on any atom is 0.276 e. The minimum Gasteiger partial charge on any atom is -0.483 e. The number of amides is 2. The summed E-state index contributed by atoms with van der Waals surface area (Å²) in [5.74, 6) is 0.128. The first-order chi connectivity index (χ1) is 10.6. The first kappa shape index (κ1) is 18.0. The average molecular weight is 306 g/mol. The largest absolute Gasteiger partial charge is 0.483 e. The van der Waals surface area contributed by atoms with E-state index in [2.05, 4.69) is 17.8 Å².